The number of aliphatic carboxylic acids is 1. The van der Waals surface area contributed by atoms with Crippen LogP contribution in [0.4, 0.5) is 0 Å². The van der Waals surface area contributed by atoms with E-state index in [0.717, 1.165) is 5.56 Å². The van der Waals surface area contributed by atoms with Crippen LogP contribution in [0.2, 0.25) is 0 Å². The molecule has 5 heteroatoms. The second-order valence-corrected chi connectivity index (χ2v) is 3.67. The van der Waals surface area contributed by atoms with Gasteiger partial charge in [0.2, 0.25) is 0 Å². The van der Waals surface area contributed by atoms with Crippen LogP contribution >= 0.6 is 0 Å². The van der Waals surface area contributed by atoms with E-state index in [1.165, 1.54) is 6.33 Å². The standard InChI is InChI=1S/C13H10N2O3/c16-12(7-13(17)18)10-3-1-2-9(6-10)11-4-5-14-8-15-11/h1-6,8H,7H2,(H,17,18). The summed E-state index contributed by atoms with van der Waals surface area (Å²) in [5.74, 6) is -1.55. The lowest BCUT2D eigenvalue weighted by Crippen LogP contribution is -2.06. The molecule has 0 saturated heterocycles. The highest BCUT2D eigenvalue weighted by molar-refractivity contribution is 6.05. The first-order chi connectivity index (χ1) is 8.66. The van der Waals surface area contributed by atoms with Crippen LogP contribution in [0.1, 0.15) is 16.8 Å². The third-order valence-electron chi connectivity index (χ3n) is 2.37. The maximum Gasteiger partial charge on any atom is 0.311 e. The summed E-state index contributed by atoms with van der Waals surface area (Å²) in [4.78, 5) is 30.0. The van der Waals surface area contributed by atoms with Crippen molar-refractivity contribution in [3.05, 3.63) is 48.4 Å². The van der Waals surface area contributed by atoms with Crippen molar-refractivity contribution in [2.75, 3.05) is 0 Å². The van der Waals surface area contributed by atoms with Crippen molar-refractivity contribution >= 4 is 11.8 Å². The van der Waals surface area contributed by atoms with Gasteiger partial charge in [-0.25, -0.2) is 9.97 Å². The zero-order valence-electron chi connectivity index (χ0n) is 9.41. The van der Waals surface area contributed by atoms with Gasteiger partial charge in [-0.3, -0.25) is 9.59 Å². The molecule has 90 valence electrons. The van der Waals surface area contributed by atoms with Gasteiger partial charge in [0.1, 0.15) is 12.7 Å². The molecule has 0 spiro atoms. The van der Waals surface area contributed by atoms with Crippen LogP contribution in [0.15, 0.2) is 42.9 Å². The fourth-order valence-electron chi connectivity index (χ4n) is 1.55. The molecule has 1 N–H and O–H groups in total. The molecule has 1 aromatic carbocycles. The van der Waals surface area contributed by atoms with Crippen LogP contribution in [0.3, 0.4) is 0 Å². The van der Waals surface area contributed by atoms with Gasteiger partial charge in [-0.15, -0.1) is 0 Å². The fourth-order valence-corrected chi connectivity index (χ4v) is 1.55. The smallest absolute Gasteiger partial charge is 0.311 e. The predicted molar refractivity (Wildman–Crippen MR) is 64.1 cm³/mol. The summed E-state index contributed by atoms with van der Waals surface area (Å²) in [6, 6.07) is 8.46. The van der Waals surface area contributed by atoms with Crippen molar-refractivity contribution < 1.29 is 14.7 Å². The van der Waals surface area contributed by atoms with Gasteiger partial charge in [-0.2, -0.15) is 0 Å². The Kier molecular flexibility index (Phi) is 3.43. The van der Waals surface area contributed by atoms with Crippen molar-refractivity contribution in [1.29, 1.82) is 0 Å². The number of ketones is 1. The Morgan fingerprint density at radius 3 is 2.72 bits per heavy atom. The molecule has 1 heterocycles. The molecule has 0 radical (unpaired) electrons. The number of Topliss-reactive ketones (excluding diaryl/α,β-unsaturated/α-hetero) is 1. The number of hydrogen-bond acceptors (Lipinski definition) is 4. The monoisotopic (exact) mass is 242 g/mol. The average Bonchev–Trinajstić information content (AvgIpc) is 2.39. The summed E-state index contributed by atoms with van der Waals surface area (Å²) in [5.41, 5.74) is 1.82. The van der Waals surface area contributed by atoms with E-state index in [0.29, 0.717) is 11.3 Å². The number of carbonyl (C=O) groups is 2. The van der Waals surface area contributed by atoms with E-state index in [-0.39, 0.29) is 0 Å². The molecule has 0 fully saturated rings. The minimum Gasteiger partial charge on any atom is -0.481 e. The van der Waals surface area contributed by atoms with Crippen LogP contribution in [0, 0.1) is 0 Å². The van der Waals surface area contributed by atoms with Crippen molar-refractivity contribution in [3.8, 4) is 11.3 Å². The van der Waals surface area contributed by atoms with Crippen LogP contribution in [0.25, 0.3) is 11.3 Å². The Balaban J connectivity index is 2.31. The third kappa shape index (κ3) is 2.76. The quantitative estimate of drug-likeness (QED) is 0.653. The molecular formula is C13H10N2O3. The Bertz CT molecular complexity index is 582. The number of nitrogens with zero attached hydrogens (tertiary/aromatic N) is 2. The average molecular weight is 242 g/mol. The number of carboxylic acid groups (broad SMARTS) is 1. The molecule has 0 aliphatic rings. The van der Waals surface area contributed by atoms with E-state index in [2.05, 4.69) is 9.97 Å². The highest BCUT2D eigenvalue weighted by atomic mass is 16.4. The molecule has 0 aliphatic carbocycles. The van der Waals surface area contributed by atoms with Crippen LogP contribution in [0.5, 0.6) is 0 Å². The predicted octanol–water partition coefficient (Wildman–Crippen LogP) is 1.80. The highest BCUT2D eigenvalue weighted by Crippen LogP contribution is 2.18. The van der Waals surface area contributed by atoms with Gasteiger partial charge in [0.05, 0.1) is 5.69 Å². The van der Waals surface area contributed by atoms with Gasteiger partial charge in [-0.05, 0) is 12.1 Å². The molecular weight excluding hydrogens is 232 g/mol. The first-order valence-electron chi connectivity index (χ1n) is 5.28. The van der Waals surface area contributed by atoms with Gasteiger partial charge in [0.15, 0.2) is 5.78 Å². The number of hydrogen-bond donors (Lipinski definition) is 1. The van der Waals surface area contributed by atoms with Gasteiger partial charge in [0.25, 0.3) is 0 Å². The van der Waals surface area contributed by atoms with Crippen molar-refractivity contribution in [3.63, 3.8) is 0 Å². The number of aromatic nitrogens is 2. The largest absolute Gasteiger partial charge is 0.481 e. The van der Waals surface area contributed by atoms with E-state index in [1.807, 2.05) is 0 Å². The third-order valence-corrected chi connectivity index (χ3v) is 2.37. The molecule has 0 saturated carbocycles. The molecule has 2 rings (SSSR count). The summed E-state index contributed by atoms with van der Waals surface area (Å²) < 4.78 is 0. The molecule has 0 amide bonds. The van der Waals surface area contributed by atoms with Crippen molar-refractivity contribution in [2.45, 2.75) is 6.42 Å². The molecule has 18 heavy (non-hydrogen) atoms. The lowest BCUT2D eigenvalue weighted by Gasteiger charge is -2.03. The summed E-state index contributed by atoms with van der Waals surface area (Å²) >= 11 is 0. The Labute approximate surface area is 103 Å². The molecule has 0 atom stereocenters. The lowest BCUT2D eigenvalue weighted by molar-refractivity contribution is -0.135. The van der Waals surface area contributed by atoms with Crippen molar-refractivity contribution in [2.24, 2.45) is 0 Å². The first-order valence-corrected chi connectivity index (χ1v) is 5.28. The maximum absolute atomic E-state index is 11.6. The highest BCUT2D eigenvalue weighted by Gasteiger charge is 2.11. The van der Waals surface area contributed by atoms with Crippen LogP contribution < -0.4 is 0 Å². The summed E-state index contributed by atoms with van der Waals surface area (Å²) in [6.07, 6.45) is 2.52. The molecule has 0 bridgehead atoms. The normalized spacial score (nSPS) is 10.0. The van der Waals surface area contributed by atoms with E-state index < -0.39 is 18.2 Å². The van der Waals surface area contributed by atoms with Gasteiger partial charge < -0.3 is 5.11 Å². The molecule has 1 aromatic heterocycles. The molecule has 2 aromatic rings. The SMILES string of the molecule is O=C(O)CC(=O)c1cccc(-c2ccncn2)c1. The van der Waals surface area contributed by atoms with Gasteiger partial charge in [-0.1, -0.05) is 18.2 Å². The summed E-state index contributed by atoms with van der Waals surface area (Å²) in [7, 11) is 0. The Morgan fingerprint density at radius 2 is 2.06 bits per heavy atom. The minimum atomic E-state index is -1.13. The number of benzene rings is 1. The molecule has 0 unspecified atom stereocenters. The zero-order chi connectivity index (χ0) is 13.0. The number of carbonyl (C=O) groups excluding carboxylic acids is 1. The molecule has 5 nitrogen and oxygen atoms in total. The summed E-state index contributed by atoms with van der Waals surface area (Å²) in [5, 5.41) is 8.59. The van der Waals surface area contributed by atoms with Crippen LogP contribution in [-0.4, -0.2) is 26.8 Å². The minimum absolute atomic E-state index is 0.369. The van der Waals surface area contributed by atoms with E-state index in [9.17, 15) is 9.59 Å². The Morgan fingerprint density at radius 1 is 1.22 bits per heavy atom. The second-order valence-electron chi connectivity index (χ2n) is 3.67. The van der Waals surface area contributed by atoms with E-state index >= 15 is 0 Å². The molecule has 0 aliphatic heterocycles. The second kappa shape index (κ2) is 5.18. The van der Waals surface area contributed by atoms with E-state index in [4.69, 9.17) is 5.11 Å². The Hall–Kier alpha value is -2.56. The number of rotatable bonds is 4. The van der Waals surface area contributed by atoms with Gasteiger partial charge >= 0.3 is 5.97 Å². The zero-order valence-corrected chi connectivity index (χ0v) is 9.41. The van der Waals surface area contributed by atoms with E-state index in [1.54, 1.807) is 36.5 Å². The summed E-state index contributed by atoms with van der Waals surface area (Å²) in [6.45, 7) is 0. The fraction of sp³-hybridized carbons (Fsp3) is 0.0769. The lowest BCUT2D eigenvalue weighted by atomic mass is 10.0. The van der Waals surface area contributed by atoms with Gasteiger partial charge in [0, 0.05) is 17.3 Å². The first kappa shape index (κ1) is 11.9. The van der Waals surface area contributed by atoms with Crippen molar-refractivity contribution in [1.82, 2.24) is 9.97 Å². The maximum atomic E-state index is 11.6. The number of carboxylic acids is 1. The topological polar surface area (TPSA) is 80.1 Å². The van der Waals surface area contributed by atoms with Crippen LogP contribution in [-0.2, 0) is 4.79 Å².